The number of hydrogen-bond donors (Lipinski definition) is 2. The zero-order chi connectivity index (χ0) is 21.3. The average Bonchev–Trinajstić information content (AvgIpc) is 3.18. The second kappa shape index (κ2) is 10.7. The number of ether oxygens (including phenoxy) is 1. The van der Waals surface area contributed by atoms with Crippen LogP contribution in [0.4, 0.5) is 8.78 Å². The van der Waals surface area contributed by atoms with E-state index in [9.17, 15) is 13.6 Å². The van der Waals surface area contributed by atoms with Gasteiger partial charge in [0.1, 0.15) is 31.3 Å². The highest BCUT2D eigenvalue weighted by molar-refractivity contribution is 5.91. The number of amides is 1. The summed E-state index contributed by atoms with van der Waals surface area (Å²) >= 11 is 0. The summed E-state index contributed by atoms with van der Waals surface area (Å²) in [6, 6.07) is 16.2. The highest BCUT2D eigenvalue weighted by atomic mass is 19.1. The first-order chi connectivity index (χ1) is 14.5. The first kappa shape index (κ1) is 21.7. The Morgan fingerprint density at radius 2 is 1.73 bits per heavy atom. The first-order valence-electron chi connectivity index (χ1n) is 9.72. The van der Waals surface area contributed by atoms with E-state index in [-0.39, 0.29) is 23.3 Å². The van der Waals surface area contributed by atoms with Crippen LogP contribution >= 0.6 is 0 Å². The van der Waals surface area contributed by atoms with Gasteiger partial charge < -0.3 is 19.4 Å². The van der Waals surface area contributed by atoms with Gasteiger partial charge in [0.05, 0.1) is 6.61 Å². The molecule has 0 saturated carbocycles. The van der Waals surface area contributed by atoms with Crippen LogP contribution in [0.5, 0.6) is 0 Å². The van der Waals surface area contributed by atoms with Crippen molar-refractivity contribution >= 4 is 5.91 Å². The number of benzene rings is 2. The van der Waals surface area contributed by atoms with E-state index in [2.05, 4.69) is 5.32 Å². The normalized spacial score (nSPS) is 12.0. The van der Waals surface area contributed by atoms with Gasteiger partial charge in [0.15, 0.2) is 11.5 Å². The van der Waals surface area contributed by atoms with Gasteiger partial charge in [0.25, 0.3) is 5.91 Å². The molecule has 1 atom stereocenters. The molecule has 1 heterocycles. The zero-order valence-corrected chi connectivity index (χ0v) is 16.8. The first-order valence-corrected chi connectivity index (χ1v) is 9.72. The van der Waals surface area contributed by atoms with E-state index in [1.54, 1.807) is 37.4 Å². The van der Waals surface area contributed by atoms with Crippen LogP contribution in [0.25, 0.3) is 0 Å². The van der Waals surface area contributed by atoms with Gasteiger partial charge in [0.2, 0.25) is 0 Å². The second-order valence-electron chi connectivity index (χ2n) is 7.05. The Bertz CT molecular complexity index is 957. The topological polar surface area (TPSA) is 55.9 Å². The Hall–Kier alpha value is -3.03. The maximum Gasteiger partial charge on any atom is 0.287 e. The smallest absolute Gasteiger partial charge is 0.287 e. The van der Waals surface area contributed by atoms with E-state index < -0.39 is 0 Å². The molecule has 0 aliphatic heterocycles. The number of methoxy groups -OCH3 is 1. The van der Waals surface area contributed by atoms with Crippen molar-refractivity contribution in [3.05, 3.63) is 94.9 Å². The molecule has 0 spiro atoms. The van der Waals surface area contributed by atoms with Crippen LogP contribution in [-0.2, 0) is 24.4 Å². The fraction of sp³-hybridized carbons (Fsp3) is 0.261. The minimum Gasteiger partial charge on any atom is -0.450 e. The summed E-state index contributed by atoms with van der Waals surface area (Å²) in [6.07, 6.45) is 0. The Morgan fingerprint density at radius 1 is 0.967 bits per heavy atom. The van der Waals surface area contributed by atoms with Gasteiger partial charge >= 0.3 is 0 Å². The van der Waals surface area contributed by atoms with E-state index in [0.29, 0.717) is 38.5 Å². The Kier molecular flexibility index (Phi) is 7.70. The van der Waals surface area contributed by atoms with Gasteiger partial charge in [-0.3, -0.25) is 4.79 Å². The molecule has 2 aromatic carbocycles. The molecule has 5 nitrogen and oxygen atoms in total. The van der Waals surface area contributed by atoms with Crippen molar-refractivity contribution in [1.29, 1.82) is 0 Å². The molecule has 3 rings (SSSR count). The quantitative estimate of drug-likeness (QED) is 0.501. The molecule has 0 saturated heterocycles. The molecule has 1 aromatic heterocycles. The van der Waals surface area contributed by atoms with E-state index in [4.69, 9.17) is 9.15 Å². The van der Waals surface area contributed by atoms with Crippen LogP contribution in [0.15, 0.2) is 65.1 Å². The van der Waals surface area contributed by atoms with Crippen molar-refractivity contribution < 1.29 is 27.6 Å². The third-order valence-electron chi connectivity index (χ3n) is 4.61. The molecule has 0 aliphatic carbocycles. The van der Waals surface area contributed by atoms with E-state index >= 15 is 0 Å². The van der Waals surface area contributed by atoms with Crippen LogP contribution < -0.4 is 10.2 Å². The van der Waals surface area contributed by atoms with Crippen molar-refractivity contribution in [2.75, 3.05) is 20.3 Å². The van der Waals surface area contributed by atoms with E-state index in [1.165, 1.54) is 24.3 Å². The molecule has 158 valence electrons. The fourth-order valence-corrected chi connectivity index (χ4v) is 3.21. The Morgan fingerprint density at radius 3 is 2.47 bits per heavy atom. The van der Waals surface area contributed by atoms with E-state index in [0.717, 1.165) is 16.0 Å². The summed E-state index contributed by atoms with van der Waals surface area (Å²) in [5, 5.41) is 2.72. The van der Waals surface area contributed by atoms with Crippen LogP contribution in [0.2, 0.25) is 0 Å². The number of furan rings is 1. The van der Waals surface area contributed by atoms with Crippen LogP contribution in [0, 0.1) is 11.6 Å². The number of carbonyl (C=O) groups is 1. The van der Waals surface area contributed by atoms with Gasteiger partial charge in [-0.05, 0) is 36.4 Å². The monoisotopic (exact) mass is 415 g/mol. The molecule has 0 fully saturated rings. The molecule has 0 radical (unpaired) electrons. The predicted octanol–water partition coefficient (Wildman–Crippen LogP) is 2.72. The van der Waals surface area contributed by atoms with Crippen LogP contribution in [-0.4, -0.2) is 26.2 Å². The number of rotatable bonds is 10. The SMILES string of the molecule is COCCNC(=O)c1ccc(C[NH+](Cc2ccc(F)cc2)Cc2cccc(F)c2)o1. The fourth-order valence-electron chi connectivity index (χ4n) is 3.21. The third-order valence-corrected chi connectivity index (χ3v) is 4.61. The van der Waals surface area contributed by atoms with Gasteiger partial charge in [-0.25, -0.2) is 8.78 Å². The predicted molar refractivity (Wildman–Crippen MR) is 108 cm³/mol. The Balaban J connectivity index is 1.71. The maximum absolute atomic E-state index is 13.6. The maximum atomic E-state index is 13.6. The number of halogens is 2. The molecule has 0 bridgehead atoms. The molecule has 1 amide bonds. The second-order valence-corrected chi connectivity index (χ2v) is 7.05. The lowest BCUT2D eigenvalue weighted by molar-refractivity contribution is -0.942. The lowest BCUT2D eigenvalue weighted by atomic mass is 10.1. The van der Waals surface area contributed by atoms with Gasteiger partial charge in [-0.2, -0.15) is 0 Å². The molecular formula is C23H25F2N2O3+. The molecule has 1 unspecified atom stereocenters. The standard InChI is InChI=1S/C23H24F2N2O3/c1-29-12-11-26-23(28)22-10-9-21(30-22)16-27(14-17-5-7-19(24)8-6-17)15-18-3-2-4-20(25)13-18/h2-10,13H,11-12,14-16H2,1H3,(H,26,28)/p+1. The number of quaternary nitrogens is 1. The molecule has 0 aliphatic rings. The molecule has 2 N–H and O–H groups in total. The molecule has 30 heavy (non-hydrogen) atoms. The number of hydrogen-bond acceptors (Lipinski definition) is 3. The Labute approximate surface area is 174 Å². The minimum absolute atomic E-state index is 0.230. The van der Waals surface area contributed by atoms with E-state index in [1.807, 2.05) is 6.07 Å². The van der Waals surface area contributed by atoms with Crippen molar-refractivity contribution in [3.8, 4) is 0 Å². The third kappa shape index (κ3) is 6.50. The lowest BCUT2D eigenvalue weighted by Gasteiger charge is -2.19. The zero-order valence-electron chi connectivity index (χ0n) is 16.8. The summed E-state index contributed by atoms with van der Waals surface area (Å²) in [7, 11) is 1.56. The molecule has 7 heteroatoms. The summed E-state index contributed by atoms with van der Waals surface area (Å²) < 4.78 is 37.5. The summed E-state index contributed by atoms with van der Waals surface area (Å²) in [5.41, 5.74) is 1.79. The van der Waals surface area contributed by atoms with Crippen LogP contribution in [0.3, 0.4) is 0 Å². The van der Waals surface area contributed by atoms with Crippen molar-refractivity contribution in [1.82, 2.24) is 5.32 Å². The summed E-state index contributed by atoms with van der Waals surface area (Å²) in [5.74, 6) is -0.0147. The van der Waals surface area contributed by atoms with Crippen molar-refractivity contribution in [2.24, 2.45) is 0 Å². The lowest BCUT2D eigenvalue weighted by Crippen LogP contribution is -3.08. The largest absolute Gasteiger partial charge is 0.450 e. The van der Waals surface area contributed by atoms with Gasteiger partial charge in [-0.15, -0.1) is 0 Å². The average molecular weight is 415 g/mol. The van der Waals surface area contributed by atoms with Crippen molar-refractivity contribution in [2.45, 2.75) is 19.6 Å². The number of nitrogens with one attached hydrogen (secondary N) is 2. The van der Waals surface area contributed by atoms with Gasteiger partial charge in [-0.1, -0.05) is 24.3 Å². The molecular weight excluding hydrogens is 390 g/mol. The number of carbonyl (C=O) groups excluding carboxylic acids is 1. The highest BCUT2D eigenvalue weighted by Gasteiger charge is 2.17. The van der Waals surface area contributed by atoms with Crippen molar-refractivity contribution in [3.63, 3.8) is 0 Å². The summed E-state index contributed by atoms with van der Waals surface area (Å²) in [4.78, 5) is 13.2. The molecule has 3 aromatic rings. The minimum atomic E-state index is -0.302. The summed E-state index contributed by atoms with van der Waals surface area (Å²) in [6.45, 7) is 2.44. The van der Waals surface area contributed by atoms with Gasteiger partial charge in [0, 0.05) is 24.8 Å². The van der Waals surface area contributed by atoms with Crippen LogP contribution in [0.1, 0.15) is 27.4 Å². The highest BCUT2D eigenvalue weighted by Crippen LogP contribution is 2.09.